The molecule has 1 aromatic rings. The number of hydrogen-bond donors (Lipinski definition) is 2. The Hall–Kier alpha value is -3.04. The van der Waals surface area contributed by atoms with E-state index in [1.165, 1.54) is 12.4 Å². The van der Waals surface area contributed by atoms with Crippen molar-refractivity contribution in [1.82, 2.24) is 20.3 Å². The summed E-state index contributed by atoms with van der Waals surface area (Å²) < 4.78 is 20.4. The first kappa shape index (κ1) is 23.6. The number of aromatic nitrogens is 2. The number of ether oxygens (including phenoxy) is 1. The molecule has 1 aromatic heterocycles. The molecule has 0 radical (unpaired) electrons. The van der Waals surface area contributed by atoms with Crippen molar-refractivity contribution in [2.24, 2.45) is 16.0 Å². The second kappa shape index (κ2) is 11.0. The third kappa shape index (κ3) is 6.48. The first-order valence-electron chi connectivity index (χ1n) is 10.2. The molecule has 0 saturated heterocycles. The summed E-state index contributed by atoms with van der Waals surface area (Å²) in [5.74, 6) is 0.810. The highest BCUT2D eigenvalue weighted by molar-refractivity contribution is 6.80. The van der Waals surface area contributed by atoms with E-state index < -0.39 is 5.82 Å². The molecule has 2 heterocycles. The number of hydrogen-bond acceptors (Lipinski definition) is 8. The quantitative estimate of drug-likeness (QED) is 0.618. The van der Waals surface area contributed by atoms with Gasteiger partial charge < -0.3 is 15.0 Å². The molecule has 1 aliphatic carbocycles. The van der Waals surface area contributed by atoms with Gasteiger partial charge in [0.1, 0.15) is 11.8 Å². The average molecular weight is 460 g/mol. The van der Waals surface area contributed by atoms with Crippen molar-refractivity contribution >= 4 is 34.4 Å². The van der Waals surface area contributed by atoms with Crippen LogP contribution in [0.3, 0.4) is 0 Å². The first-order chi connectivity index (χ1) is 15.3. The molecular formula is C22H27ClFN7O. The van der Waals surface area contributed by atoms with Crippen LogP contribution < -0.4 is 10.7 Å². The molecule has 170 valence electrons. The number of anilines is 1. The summed E-state index contributed by atoms with van der Waals surface area (Å²) in [6, 6.07) is -0.102. The van der Waals surface area contributed by atoms with E-state index in [1.807, 2.05) is 33.2 Å². The van der Waals surface area contributed by atoms with Crippen molar-refractivity contribution < 1.29 is 9.13 Å². The molecule has 10 heteroatoms. The normalized spacial score (nSPS) is 20.4. The number of likely N-dealkylation sites (N-methyl/N-ethyl adjacent to an activating group) is 1. The van der Waals surface area contributed by atoms with Crippen LogP contribution in [0.15, 0.2) is 58.8 Å². The molecule has 0 fully saturated rings. The van der Waals surface area contributed by atoms with E-state index in [1.54, 1.807) is 0 Å². The van der Waals surface area contributed by atoms with E-state index in [0.717, 1.165) is 24.9 Å². The molecule has 0 spiro atoms. The van der Waals surface area contributed by atoms with Crippen LogP contribution in [-0.4, -0.2) is 59.5 Å². The highest BCUT2D eigenvalue weighted by Crippen LogP contribution is 2.26. The summed E-state index contributed by atoms with van der Waals surface area (Å²) in [6.07, 6.45) is 10.7. The van der Waals surface area contributed by atoms with Gasteiger partial charge in [-0.05, 0) is 27.1 Å². The van der Waals surface area contributed by atoms with Gasteiger partial charge in [0.05, 0.1) is 29.4 Å². The van der Waals surface area contributed by atoms with E-state index in [2.05, 4.69) is 48.4 Å². The third-order valence-corrected chi connectivity index (χ3v) is 5.08. The molecule has 3 rings (SSSR count). The van der Waals surface area contributed by atoms with Crippen LogP contribution in [-0.2, 0) is 4.74 Å². The van der Waals surface area contributed by atoms with E-state index in [0.29, 0.717) is 17.9 Å². The van der Waals surface area contributed by atoms with Gasteiger partial charge in [0.15, 0.2) is 17.5 Å². The lowest BCUT2D eigenvalue weighted by Crippen LogP contribution is -2.28. The molecule has 0 saturated carbocycles. The lowest BCUT2D eigenvalue weighted by atomic mass is 9.92. The Kier molecular flexibility index (Phi) is 8.13. The van der Waals surface area contributed by atoms with Gasteiger partial charge >= 0.3 is 0 Å². The highest BCUT2D eigenvalue weighted by Gasteiger charge is 2.22. The third-order valence-electron chi connectivity index (χ3n) is 4.90. The van der Waals surface area contributed by atoms with Gasteiger partial charge in [-0.3, -0.25) is 5.43 Å². The molecule has 0 amide bonds. The van der Waals surface area contributed by atoms with Crippen molar-refractivity contribution in [2.45, 2.75) is 19.4 Å². The Morgan fingerprint density at radius 3 is 3.03 bits per heavy atom. The van der Waals surface area contributed by atoms with Crippen LogP contribution in [0.5, 0.6) is 0 Å². The summed E-state index contributed by atoms with van der Waals surface area (Å²) in [7, 11) is 4.01. The van der Waals surface area contributed by atoms with Gasteiger partial charge in [0.2, 0.25) is 0 Å². The predicted molar refractivity (Wildman–Crippen MR) is 127 cm³/mol. The molecule has 0 aromatic carbocycles. The van der Waals surface area contributed by atoms with Gasteiger partial charge in [-0.25, -0.2) is 19.4 Å². The summed E-state index contributed by atoms with van der Waals surface area (Å²) in [5, 5.41) is 7.21. The van der Waals surface area contributed by atoms with E-state index in [4.69, 9.17) is 16.3 Å². The first-order valence-corrected chi connectivity index (χ1v) is 10.6. The minimum atomic E-state index is -0.553. The maximum atomic E-state index is 14.5. The van der Waals surface area contributed by atoms with Crippen molar-refractivity contribution in [3.8, 4) is 0 Å². The Labute approximate surface area is 192 Å². The molecule has 2 aliphatic rings. The van der Waals surface area contributed by atoms with Crippen LogP contribution in [0.25, 0.3) is 5.57 Å². The molecule has 1 unspecified atom stereocenters. The van der Waals surface area contributed by atoms with Crippen molar-refractivity contribution in [1.29, 1.82) is 0 Å². The van der Waals surface area contributed by atoms with Crippen LogP contribution in [0.4, 0.5) is 10.2 Å². The van der Waals surface area contributed by atoms with Crippen LogP contribution in [0.1, 0.15) is 19.2 Å². The maximum absolute atomic E-state index is 14.5. The number of nitrogens with one attached hydrogen (secondary N) is 2. The molecule has 2 atom stereocenters. The number of hydrazone groups is 1. The molecule has 0 bridgehead atoms. The topological polar surface area (TPSA) is 87.0 Å². The Bertz CT molecular complexity index is 1000. The molecule has 8 nitrogen and oxygen atoms in total. The zero-order chi connectivity index (χ0) is 23.1. The van der Waals surface area contributed by atoms with Gasteiger partial charge in [-0.1, -0.05) is 30.3 Å². The van der Waals surface area contributed by atoms with E-state index in [9.17, 15) is 4.39 Å². The van der Waals surface area contributed by atoms with E-state index in [-0.39, 0.29) is 28.8 Å². The summed E-state index contributed by atoms with van der Waals surface area (Å²) in [6.45, 7) is 7.32. The molecule has 32 heavy (non-hydrogen) atoms. The standard InChI is InChI=1S/C22H27ClFN7O/c1-14(16-6-5-7-17(10-16)32-9-8-31(3)4)29-22-19(24)12-25-21(30-22)18-11-26-27-13-20(23)28-15(18)2/h5-7,11-14,16,26H,2,8-10H2,1,3-4H3,(H,25,29,30)/b18-11?,27-13-,28-20?/t14-,16?/m0/s1. The molecule has 2 N–H and O–H groups in total. The average Bonchev–Trinajstić information content (AvgIpc) is 2.74. The summed E-state index contributed by atoms with van der Waals surface area (Å²) >= 11 is 5.95. The fourth-order valence-corrected chi connectivity index (χ4v) is 3.24. The second-order valence-electron chi connectivity index (χ2n) is 7.69. The number of halogens is 2. The SMILES string of the molecule is C=C1N=C(Cl)/C=N\NC=C1c1ncc(F)c(N[C@@H](C)C2C=CC=C(OCCN(C)C)C2)n1. The van der Waals surface area contributed by atoms with Crippen molar-refractivity contribution in [2.75, 3.05) is 32.6 Å². The number of rotatable bonds is 8. The Morgan fingerprint density at radius 1 is 1.44 bits per heavy atom. The highest BCUT2D eigenvalue weighted by atomic mass is 35.5. The van der Waals surface area contributed by atoms with Gasteiger partial charge in [0.25, 0.3) is 0 Å². The molecule has 1 aliphatic heterocycles. The van der Waals surface area contributed by atoms with Crippen LogP contribution in [0, 0.1) is 11.7 Å². The number of aliphatic imine (C=N–C) groups is 1. The fraction of sp³-hybridized carbons (Fsp3) is 0.364. The monoisotopic (exact) mass is 459 g/mol. The van der Waals surface area contributed by atoms with Gasteiger partial charge in [-0.15, -0.1) is 0 Å². The fourth-order valence-electron chi connectivity index (χ4n) is 3.09. The smallest absolute Gasteiger partial charge is 0.183 e. The van der Waals surface area contributed by atoms with Gasteiger partial charge in [0, 0.05) is 31.1 Å². The summed E-state index contributed by atoms with van der Waals surface area (Å²) in [4.78, 5) is 14.6. The zero-order valence-corrected chi connectivity index (χ0v) is 19.1. The lowest BCUT2D eigenvalue weighted by Gasteiger charge is -2.26. The van der Waals surface area contributed by atoms with E-state index >= 15 is 0 Å². The van der Waals surface area contributed by atoms with Crippen LogP contribution in [0.2, 0.25) is 0 Å². The molecular weight excluding hydrogens is 433 g/mol. The number of allylic oxidation sites excluding steroid dienone is 4. The second-order valence-corrected chi connectivity index (χ2v) is 8.07. The minimum absolute atomic E-state index is 0.0925. The largest absolute Gasteiger partial charge is 0.497 e. The van der Waals surface area contributed by atoms with Crippen LogP contribution >= 0.6 is 11.6 Å². The Morgan fingerprint density at radius 2 is 2.25 bits per heavy atom. The van der Waals surface area contributed by atoms with Crippen molar-refractivity contribution in [3.63, 3.8) is 0 Å². The summed E-state index contributed by atoms with van der Waals surface area (Å²) in [5.41, 5.74) is 3.49. The predicted octanol–water partition coefficient (Wildman–Crippen LogP) is 3.54. The lowest BCUT2D eigenvalue weighted by molar-refractivity contribution is 0.168. The number of nitrogens with zero attached hydrogens (tertiary/aromatic N) is 5. The maximum Gasteiger partial charge on any atom is 0.183 e. The van der Waals surface area contributed by atoms with Crippen molar-refractivity contribution in [3.05, 3.63) is 60.3 Å². The minimum Gasteiger partial charge on any atom is -0.497 e. The van der Waals surface area contributed by atoms with Gasteiger partial charge in [-0.2, -0.15) is 5.10 Å². The Balaban J connectivity index is 1.70. The zero-order valence-electron chi connectivity index (χ0n) is 18.3.